The lowest BCUT2D eigenvalue weighted by molar-refractivity contribution is -0.217. The van der Waals surface area contributed by atoms with E-state index in [9.17, 15) is 23.1 Å². The van der Waals surface area contributed by atoms with E-state index in [-0.39, 0.29) is 11.8 Å². The fourth-order valence-electron chi connectivity index (χ4n) is 2.73. The molecule has 1 aliphatic rings. The highest BCUT2D eigenvalue weighted by Crippen LogP contribution is 2.36. The molecule has 1 heterocycles. The molecule has 12 heteroatoms. The van der Waals surface area contributed by atoms with Gasteiger partial charge in [0.2, 0.25) is 0 Å². The van der Waals surface area contributed by atoms with Crippen molar-refractivity contribution in [3.8, 4) is 0 Å². The van der Waals surface area contributed by atoms with Gasteiger partial charge in [-0.05, 0) is 26.0 Å². The Morgan fingerprint density at radius 2 is 1.93 bits per heavy atom. The maximum Gasteiger partial charge on any atom is 0.430 e. The van der Waals surface area contributed by atoms with E-state index in [0.29, 0.717) is 5.01 Å². The van der Waals surface area contributed by atoms with E-state index in [1.165, 1.54) is 26.0 Å². The van der Waals surface area contributed by atoms with Crippen LogP contribution in [0.2, 0.25) is 0 Å². The van der Waals surface area contributed by atoms with Crippen molar-refractivity contribution in [3.05, 3.63) is 35.9 Å². The van der Waals surface area contributed by atoms with Gasteiger partial charge in [0.15, 0.2) is 0 Å². The van der Waals surface area contributed by atoms with Crippen molar-refractivity contribution in [2.24, 2.45) is 9.98 Å². The molecule has 1 aliphatic heterocycles. The lowest BCUT2D eigenvalue weighted by Crippen LogP contribution is -2.73. The van der Waals surface area contributed by atoms with E-state index in [0.717, 1.165) is 14.2 Å². The number of hydrazine groups is 1. The predicted molar refractivity (Wildman–Crippen MR) is 102 cm³/mol. The van der Waals surface area contributed by atoms with Gasteiger partial charge in [0, 0.05) is 19.7 Å². The number of methoxy groups -OCH3 is 1. The topological polar surface area (TPSA) is 98.6 Å². The Labute approximate surface area is 170 Å². The lowest BCUT2D eigenvalue weighted by Gasteiger charge is -2.44. The SMILES string of the molecule is CN=C1NC(F)(N(CC(C)(C)O)NC(=O)c2ccccc2)N=CC1(OC)C(F)(F)F. The quantitative estimate of drug-likeness (QED) is 0.360. The average Bonchev–Trinajstić information content (AvgIpc) is 2.66. The molecular weight excluding hydrogens is 410 g/mol. The smallest absolute Gasteiger partial charge is 0.389 e. The first-order valence-electron chi connectivity index (χ1n) is 8.77. The Balaban J connectivity index is 2.46. The van der Waals surface area contributed by atoms with E-state index in [4.69, 9.17) is 0 Å². The van der Waals surface area contributed by atoms with Crippen molar-refractivity contribution >= 4 is 18.0 Å². The average molecular weight is 433 g/mol. The number of aliphatic hydroxyl groups is 1. The van der Waals surface area contributed by atoms with Gasteiger partial charge in [-0.25, -0.2) is 4.99 Å². The Morgan fingerprint density at radius 3 is 2.40 bits per heavy atom. The van der Waals surface area contributed by atoms with Gasteiger partial charge < -0.3 is 15.2 Å². The first kappa shape index (κ1) is 23.7. The van der Waals surface area contributed by atoms with Crippen LogP contribution in [0.3, 0.4) is 0 Å². The molecule has 0 fully saturated rings. The number of amides is 1. The Morgan fingerprint density at radius 1 is 1.33 bits per heavy atom. The second-order valence-electron chi connectivity index (χ2n) is 7.19. The molecule has 2 rings (SSSR count). The van der Waals surface area contributed by atoms with Crippen LogP contribution in [-0.4, -0.2) is 72.2 Å². The van der Waals surface area contributed by atoms with Crippen LogP contribution in [0.5, 0.6) is 0 Å². The van der Waals surface area contributed by atoms with Crippen molar-refractivity contribution < 1.29 is 32.2 Å². The third-order valence-corrected chi connectivity index (χ3v) is 4.19. The fraction of sp³-hybridized carbons (Fsp3) is 0.500. The van der Waals surface area contributed by atoms with E-state index in [1.54, 1.807) is 18.2 Å². The monoisotopic (exact) mass is 433 g/mol. The molecule has 0 bridgehead atoms. The number of halogens is 4. The van der Waals surface area contributed by atoms with Crippen LogP contribution in [-0.2, 0) is 4.74 Å². The van der Waals surface area contributed by atoms with Crippen molar-refractivity contribution in [1.29, 1.82) is 0 Å². The van der Waals surface area contributed by atoms with Crippen molar-refractivity contribution in [2.45, 2.75) is 37.3 Å². The molecule has 1 amide bonds. The van der Waals surface area contributed by atoms with E-state index >= 15 is 4.39 Å². The summed E-state index contributed by atoms with van der Waals surface area (Å²) in [6.07, 6.45) is -4.76. The zero-order chi connectivity index (χ0) is 22.8. The summed E-state index contributed by atoms with van der Waals surface area (Å²) in [5.74, 6) is -1.67. The van der Waals surface area contributed by atoms with Crippen LogP contribution < -0.4 is 10.7 Å². The van der Waals surface area contributed by atoms with Gasteiger partial charge in [-0.15, -0.1) is 5.01 Å². The highest BCUT2D eigenvalue weighted by atomic mass is 19.4. The van der Waals surface area contributed by atoms with Gasteiger partial charge >= 0.3 is 12.2 Å². The highest BCUT2D eigenvalue weighted by Gasteiger charge is 2.63. The lowest BCUT2D eigenvalue weighted by atomic mass is 10.0. The van der Waals surface area contributed by atoms with Crippen LogP contribution in [0.15, 0.2) is 40.3 Å². The number of nitrogens with one attached hydrogen (secondary N) is 2. The minimum Gasteiger partial charge on any atom is -0.389 e. The van der Waals surface area contributed by atoms with Gasteiger partial charge in [0.25, 0.3) is 11.5 Å². The molecule has 3 N–H and O–H groups in total. The van der Waals surface area contributed by atoms with Gasteiger partial charge in [-0.3, -0.25) is 15.2 Å². The number of hydrogen-bond donors (Lipinski definition) is 3. The van der Waals surface area contributed by atoms with Gasteiger partial charge in [-0.1, -0.05) is 18.2 Å². The number of benzene rings is 1. The summed E-state index contributed by atoms with van der Waals surface area (Å²) in [5.41, 5.74) is -2.25. The molecule has 0 saturated heterocycles. The number of carbonyl (C=O) groups excluding carboxylic acids is 1. The summed E-state index contributed by atoms with van der Waals surface area (Å²) < 4.78 is 61.1. The summed E-state index contributed by atoms with van der Waals surface area (Å²) in [5, 5.41) is 12.6. The second kappa shape index (κ2) is 8.28. The molecule has 0 saturated carbocycles. The number of nitrogens with zero attached hydrogens (tertiary/aromatic N) is 3. The molecule has 0 aliphatic carbocycles. The molecule has 1 aromatic rings. The highest BCUT2D eigenvalue weighted by molar-refractivity contribution is 6.08. The number of alkyl halides is 4. The van der Waals surface area contributed by atoms with E-state index in [2.05, 4.69) is 20.1 Å². The van der Waals surface area contributed by atoms with Crippen molar-refractivity contribution in [1.82, 2.24) is 15.8 Å². The fourth-order valence-corrected chi connectivity index (χ4v) is 2.73. The van der Waals surface area contributed by atoms with E-state index < -0.39 is 41.7 Å². The third kappa shape index (κ3) is 4.77. The molecular formula is C18H23F4N5O3. The first-order valence-corrected chi connectivity index (χ1v) is 8.77. The number of amidine groups is 1. The summed E-state index contributed by atoms with van der Waals surface area (Å²) in [4.78, 5) is 19.3. The minimum absolute atomic E-state index is 0.160. The zero-order valence-electron chi connectivity index (χ0n) is 16.8. The van der Waals surface area contributed by atoms with E-state index in [1.807, 2.05) is 5.32 Å². The van der Waals surface area contributed by atoms with Crippen LogP contribution in [0.4, 0.5) is 17.6 Å². The number of aliphatic imine (C=N–C) groups is 2. The van der Waals surface area contributed by atoms with Crippen LogP contribution in [0.25, 0.3) is 0 Å². The van der Waals surface area contributed by atoms with Gasteiger partial charge in [-0.2, -0.15) is 17.6 Å². The summed E-state index contributed by atoms with van der Waals surface area (Å²) >= 11 is 0. The Bertz CT molecular complexity index is 825. The summed E-state index contributed by atoms with van der Waals surface area (Å²) in [7, 11) is 1.80. The Hall–Kier alpha value is -2.57. The van der Waals surface area contributed by atoms with Crippen LogP contribution >= 0.6 is 0 Å². The second-order valence-corrected chi connectivity index (χ2v) is 7.19. The minimum atomic E-state index is -5.00. The summed E-state index contributed by atoms with van der Waals surface area (Å²) in [6.45, 7) is 2.12. The van der Waals surface area contributed by atoms with Crippen LogP contribution in [0, 0.1) is 0 Å². The molecule has 0 spiro atoms. The standard InChI is InChI=1S/C18H23F4N5O3/c1-15(2,29)11-27(26-13(28)12-8-6-5-7-9-12)18(22)24-10-16(30-4,17(19,20)21)14(23-3)25-18/h5-10,29H,11H2,1-4H3,(H,23,25)(H,26,28). The normalized spacial score (nSPS) is 26.0. The number of rotatable bonds is 6. The predicted octanol–water partition coefficient (Wildman–Crippen LogP) is 1.63. The molecule has 8 nitrogen and oxygen atoms in total. The van der Waals surface area contributed by atoms with Gasteiger partial charge in [0.1, 0.15) is 5.84 Å². The number of hydrogen-bond acceptors (Lipinski definition) is 6. The van der Waals surface area contributed by atoms with Crippen molar-refractivity contribution in [2.75, 3.05) is 20.7 Å². The molecule has 0 aromatic heterocycles. The van der Waals surface area contributed by atoms with Crippen LogP contribution in [0.1, 0.15) is 24.2 Å². The first-order chi connectivity index (χ1) is 13.8. The molecule has 2 atom stereocenters. The van der Waals surface area contributed by atoms with Gasteiger partial charge in [0.05, 0.1) is 18.4 Å². The maximum atomic E-state index is 15.7. The molecule has 0 radical (unpaired) electrons. The Kier molecular flexibility index (Phi) is 6.54. The molecule has 166 valence electrons. The molecule has 1 aromatic carbocycles. The number of carbonyl (C=O) groups is 1. The zero-order valence-corrected chi connectivity index (χ0v) is 16.8. The van der Waals surface area contributed by atoms with Crippen molar-refractivity contribution in [3.63, 3.8) is 0 Å². The third-order valence-electron chi connectivity index (χ3n) is 4.19. The largest absolute Gasteiger partial charge is 0.430 e. The number of ether oxygens (including phenoxy) is 1. The molecule has 30 heavy (non-hydrogen) atoms. The summed E-state index contributed by atoms with van der Waals surface area (Å²) in [6, 6.07) is 4.65. The maximum absolute atomic E-state index is 15.7. The molecule has 2 unspecified atom stereocenters.